The van der Waals surface area contributed by atoms with Crippen molar-refractivity contribution in [3.8, 4) is 11.5 Å². The van der Waals surface area contributed by atoms with Gasteiger partial charge in [-0.05, 0) is 29.5 Å². The van der Waals surface area contributed by atoms with Gasteiger partial charge in [0.1, 0.15) is 8.07 Å². The van der Waals surface area contributed by atoms with Crippen molar-refractivity contribution < 1.29 is 14.3 Å². The molecule has 0 bridgehead atoms. The molecule has 1 saturated heterocycles. The van der Waals surface area contributed by atoms with Crippen molar-refractivity contribution in [1.29, 1.82) is 0 Å². The molecule has 26 heavy (non-hydrogen) atoms. The number of carbonyl (C=O) groups excluding carboxylic acids is 2. The number of thioether (sulfide) groups is 1. The Hall–Kier alpha value is -2.63. The van der Waals surface area contributed by atoms with Gasteiger partial charge >= 0.3 is 5.97 Å². The van der Waals surface area contributed by atoms with Gasteiger partial charge in [0.2, 0.25) is 0 Å². The number of hydrogen-bond donors (Lipinski definition) is 1. The molecule has 0 aliphatic carbocycles. The minimum Gasteiger partial charge on any atom is -0.466 e. The molecule has 0 saturated carbocycles. The monoisotopic (exact) mass is 385 g/mol. The molecule has 1 aliphatic rings. The lowest BCUT2D eigenvalue weighted by atomic mass is 10.1. The van der Waals surface area contributed by atoms with E-state index in [-0.39, 0.29) is 4.91 Å². The SMILES string of the molecule is COC(=O)/C=C1/S/C(=N\N=Cc2cccc(C#C[Si](C)(C)C)c2)NC1=O. The zero-order valence-electron chi connectivity index (χ0n) is 15.0. The predicted octanol–water partition coefficient (Wildman–Crippen LogP) is 2.53. The smallest absolute Gasteiger partial charge is 0.331 e. The maximum atomic E-state index is 11.7. The third-order valence-electron chi connectivity index (χ3n) is 2.92. The third kappa shape index (κ3) is 6.35. The van der Waals surface area contributed by atoms with E-state index in [2.05, 4.69) is 51.4 Å². The average Bonchev–Trinajstić information content (AvgIpc) is 2.92. The number of nitrogens with zero attached hydrogens (tertiary/aromatic N) is 2. The predicted molar refractivity (Wildman–Crippen MR) is 108 cm³/mol. The van der Waals surface area contributed by atoms with Crippen molar-refractivity contribution in [3.63, 3.8) is 0 Å². The van der Waals surface area contributed by atoms with Crippen molar-refractivity contribution in [2.45, 2.75) is 19.6 Å². The van der Waals surface area contributed by atoms with Gasteiger partial charge in [-0.15, -0.1) is 10.6 Å². The van der Waals surface area contributed by atoms with E-state index in [1.807, 2.05) is 24.3 Å². The molecule has 1 aliphatic heterocycles. The number of hydrogen-bond acceptors (Lipinski definition) is 6. The van der Waals surface area contributed by atoms with Crippen LogP contribution in [-0.2, 0) is 14.3 Å². The number of nitrogens with one attached hydrogen (secondary N) is 1. The lowest BCUT2D eigenvalue weighted by Gasteiger charge is -2.03. The fourth-order valence-corrected chi connectivity index (χ4v) is 3.00. The zero-order valence-corrected chi connectivity index (χ0v) is 16.8. The van der Waals surface area contributed by atoms with Crippen LogP contribution in [0.3, 0.4) is 0 Å². The second kappa shape index (κ2) is 8.65. The molecule has 6 nitrogen and oxygen atoms in total. The zero-order chi connectivity index (χ0) is 19.2. The third-order valence-corrected chi connectivity index (χ3v) is 4.70. The van der Waals surface area contributed by atoms with E-state index < -0.39 is 20.0 Å². The van der Waals surface area contributed by atoms with Gasteiger partial charge in [0, 0.05) is 11.6 Å². The molecule has 0 aromatic heterocycles. The summed E-state index contributed by atoms with van der Waals surface area (Å²) in [7, 11) is -0.178. The summed E-state index contributed by atoms with van der Waals surface area (Å²) in [6.45, 7) is 6.58. The van der Waals surface area contributed by atoms with Gasteiger partial charge in [-0.2, -0.15) is 5.10 Å². The van der Waals surface area contributed by atoms with Gasteiger partial charge < -0.3 is 4.74 Å². The first-order chi connectivity index (χ1) is 12.3. The van der Waals surface area contributed by atoms with Crippen LogP contribution in [-0.4, -0.2) is 38.4 Å². The van der Waals surface area contributed by atoms with Crippen LogP contribution in [0, 0.1) is 11.5 Å². The van der Waals surface area contributed by atoms with Crippen LogP contribution in [0.2, 0.25) is 19.6 Å². The van der Waals surface area contributed by atoms with E-state index in [0.29, 0.717) is 5.17 Å². The summed E-state index contributed by atoms with van der Waals surface area (Å²) in [5, 5.41) is 10.8. The summed E-state index contributed by atoms with van der Waals surface area (Å²) in [5.74, 6) is 2.20. The number of amidine groups is 1. The fourth-order valence-electron chi connectivity index (χ4n) is 1.75. The number of carbonyl (C=O) groups is 2. The van der Waals surface area contributed by atoms with Gasteiger partial charge in [0.05, 0.1) is 18.2 Å². The Morgan fingerprint density at radius 1 is 1.35 bits per heavy atom. The fraction of sp³-hybridized carbons (Fsp3) is 0.222. The van der Waals surface area contributed by atoms with Crippen LogP contribution in [0.5, 0.6) is 0 Å². The lowest BCUT2D eigenvalue weighted by Crippen LogP contribution is -2.19. The Bertz CT molecular complexity index is 874. The number of methoxy groups -OCH3 is 1. The first-order valence-corrected chi connectivity index (χ1v) is 12.1. The van der Waals surface area contributed by atoms with Crippen molar-refractivity contribution in [3.05, 3.63) is 46.4 Å². The summed E-state index contributed by atoms with van der Waals surface area (Å²) in [6, 6.07) is 7.69. The molecule has 134 valence electrons. The van der Waals surface area contributed by atoms with E-state index >= 15 is 0 Å². The molecule has 0 spiro atoms. The Balaban J connectivity index is 2.08. The molecular formula is C18H19N3O3SSi. The molecule has 1 aromatic carbocycles. The molecular weight excluding hydrogens is 366 g/mol. The molecule has 0 unspecified atom stereocenters. The molecule has 1 fully saturated rings. The minimum atomic E-state index is -1.43. The highest BCUT2D eigenvalue weighted by molar-refractivity contribution is 8.18. The molecule has 8 heteroatoms. The summed E-state index contributed by atoms with van der Waals surface area (Å²) < 4.78 is 4.50. The maximum Gasteiger partial charge on any atom is 0.331 e. The van der Waals surface area contributed by atoms with Crippen LogP contribution in [0.4, 0.5) is 0 Å². The van der Waals surface area contributed by atoms with Gasteiger partial charge in [-0.25, -0.2) is 4.79 Å². The Labute approximate surface area is 157 Å². The number of benzene rings is 1. The average molecular weight is 386 g/mol. The second-order valence-electron chi connectivity index (χ2n) is 6.36. The standard InChI is InChI=1S/C18H19N3O3SSi/c1-24-16(22)11-15-17(23)20-18(25-15)21-19-12-14-7-5-6-13(10-14)8-9-26(2,3)4/h5-7,10-12H,1-4H3,(H,20,21,23)/b15-11+,19-12?. The highest BCUT2D eigenvalue weighted by atomic mass is 32.2. The molecule has 1 amide bonds. The molecule has 0 radical (unpaired) electrons. The van der Waals surface area contributed by atoms with E-state index in [1.54, 1.807) is 6.21 Å². The van der Waals surface area contributed by atoms with Gasteiger partial charge in [0.25, 0.3) is 5.91 Å². The highest BCUT2D eigenvalue weighted by Crippen LogP contribution is 2.23. The van der Waals surface area contributed by atoms with Crippen molar-refractivity contribution in [2.75, 3.05) is 7.11 Å². The molecule has 2 rings (SSSR count). The largest absolute Gasteiger partial charge is 0.466 e. The topological polar surface area (TPSA) is 80.1 Å². The summed E-state index contributed by atoms with van der Waals surface area (Å²) in [4.78, 5) is 23.1. The lowest BCUT2D eigenvalue weighted by molar-refractivity contribution is -0.135. The van der Waals surface area contributed by atoms with Gasteiger partial charge in [-0.1, -0.05) is 37.7 Å². The van der Waals surface area contributed by atoms with Gasteiger partial charge in [0.15, 0.2) is 5.17 Å². The van der Waals surface area contributed by atoms with E-state index in [1.165, 1.54) is 7.11 Å². The Morgan fingerprint density at radius 2 is 2.12 bits per heavy atom. The molecule has 1 N–H and O–H groups in total. The summed E-state index contributed by atoms with van der Waals surface area (Å²) in [6.07, 6.45) is 2.70. The molecule has 1 heterocycles. The minimum absolute atomic E-state index is 0.217. The van der Waals surface area contributed by atoms with Crippen molar-refractivity contribution >= 4 is 43.1 Å². The molecule has 0 atom stereocenters. The number of amides is 1. The maximum absolute atomic E-state index is 11.7. The molecule has 1 aromatic rings. The Kier molecular flexibility index (Phi) is 6.55. The van der Waals surface area contributed by atoms with E-state index in [0.717, 1.165) is 29.0 Å². The first-order valence-electron chi connectivity index (χ1n) is 7.80. The Morgan fingerprint density at radius 3 is 2.81 bits per heavy atom. The van der Waals surface area contributed by atoms with Crippen LogP contribution in [0.25, 0.3) is 0 Å². The highest BCUT2D eigenvalue weighted by Gasteiger charge is 2.24. The summed E-state index contributed by atoms with van der Waals surface area (Å²) >= 11 is 1.03. The number of esters is 1. The first kappa shape index (κ1) is 19.7. The normalized spacial score (nSPS) is 17.3. The quantitative estimate of drug-likeness (QED) is 0.217. The van der Waals surface area contributed by atoms with Crippen LogP contribution < -0.4 is 5.32 Å². The van der Waals surface area contributed by atoms with Crippen LogP contribution in [0.15, 0.2) is 45.4 Å². The number of ether oxygens (including phenoxy) is 1. The number of rotatable bonds is 3. The van der Waals surface area contributed by atoms with E-state index in [9.17, 15) is 9.59 Å². The van der Waals surface area contributed by atoms with Gasteiger partial charge in [-0.3, -0.25) is 10.1 Å². The van der Waals surface area contributed by atoms with Crippen LogP contribution >= 0.6 is 11.8 Å². The van der Waals surface area contributed by atoms with Crippen molar-refractivity contribution in [1.82, 2.24) is 5.32 Å². The summed E-state index contributed by atoms with van der Waals surface area (Å²) in [5.41, 5.74) is 5.10. The van der Waals surface area contributed by atoms with Crippen LogP contribution in [0.1, 0.15) is 11.1 Å². The van der Waals surface area contributed by atoms with E-state index in [4.69, 9.17) is 0 Å². The van der Waals surface area contributed by atoms with Crippen molar-refractivity contribution in [2.24, 2.45) is 10.2 Å². The second-order valence-corrected chi connectivity index (χ2v) is 12.1.